The van der Waals surface area contributed by atoms with Gasteiger partial charge in [-0.15, -0.1) is 0 Å². The Hall–Kier alpha value is -1.09. The highest BCUT2D eigenvalue weighted by Crippen LogP contribution is 2.13. The van der Waals surface area contributed by atoms with Gasteiger partial charge in [0.15, 0.2) is 0 Å². The van der Waals surface area contributed by atoms with Gasteiger partial charge < -0.3 is 4.57 Å². The second-order valence-corrected chi connectivity index (χ2v) is 9.77. The van der Waals surface area contributed by atoms with E-state index < -0.39 is 8.07 Å². The first-order valence-electron chi connectivity index (χ1n) is 4.91. The average Bonchev–Trinajstić information content (AvgIpc) is 2.44. The van der Waals surface area contributed by atoms with Crippen LogP contribution in [0.25, 0.3) is 11.0 Å². The Kier molecular flexibility index (Phi) is 1.99. The van der Waals surface area contributed by atoms with Gasteiger partial charge >= 0.3 is 0 Å². The van der Waals surface area contributed by atoms with E-state index in [0.717, 1.165) is 5.65 Å². The van der Waals surface area contributed by atoms with Gasteiger partial charge in [-0.2, -0.15) is 0 Å². The van der Waals surface area contributed by atoms with Gasteiger partial charge in [0.2, 0.25) is 0 Å². The molecule has 0 aliphatic heterocycles. The highest BCUT2D eigenvalue weighted by atomic mass is 28.3. The van der Waals surface area contributed by atoms with Crippen LogP contribution in [0.5, 0.6) is 0 Å². The molecule has 2 nitrogen and oxygen atoms in total. The number of fused-ring (bicyclic) bond motifs is 1. The third-order valence-electron chi connectivity index (χ3n) is 2.56. The molecule has 2 heterocycles. The number of hydrogen-bond acceptors (Lipinski definition) is 1. The average molecular weight is 204 g/mol. The minimum Gasteiger partial charge on any atom is -0.337 e. The summed E-state index contributed by atoms with van der Waals surface area (Å²) < 4.78 is 2.24. The first-order valence-corrected chi connectivity index (χ1v) is 8.41. The summed E-state index contributed by atoms with van der Waals surface area (Å²) in [7, 11) is 0.876. The van der Waals surface area contributed by atoms with Gasteiger partial charge in [0.05, 0.1) is 8.07 Å². The molecule has 0 N–H and O–H groups in total. The summed E-state index contributed by atoms with van der Waals surface area (Å²) in [5, 5.41) is 2.72. The SMILES string of the molecule is Cn1c([Si](C)(C)C)cc2cccnc21. The number of aryl methyl sites for hydroxylation is 1. The van der Waals surface area contributed by atoms with Crippen LogP contribution >= 0.6 is 0 Å². The topological polar surface area (TPSA) is 17.8 Å². The van der Waals surface area contributed by atoms with Crippen LogP contribution in [0.3, 0.4) is 0 Å². The van der Waals surface area contributed by atoms with Crippen molar-refractivity contribution < 1.29 is 0 Å². The second kappa shape index (κ2) is 2.95. The summed E-state index contributed by atoms with van der Waals surface area (Å²) in [6, 6.07) is 6.41. The summed E-state index contributed by atoms with van der Waals surface area (Å²) >= 11 is 0. The van der Waals surface area contributed by atoms with Crippen LogP contribution in [-0.4, -0.2) is 17.6 Å². The number of rotatable bonds is 1. The van der Waals surface area contributed by atoms with E-state index >= 15 is 0 Å². The fraction of sp³-hybridized carbons (Fsp3) is 0.364. The van der Waals surface area contributed by atoms with E-state index in [0.29, 0.717) is 0 Å². The standard InChI is InChI=1S/C11H16N2Si/c1-13-10(14(2,3)4)8-9-6-5-7-12-11(9)13/h5-8H,1-4H3. The Labute approximate surface area is 85.6 Å². The van der Waals surface area contributed by atoms with Crippen LogP contribution in [0.2, 0.25) is 19.6 Å². The maximum Gasteiger partial charge on any atom is 0.139 e. The molecule has 0 saturated carbocycles. The normalized spacial score (nSPS) is 12.3. The highest BCUT2D eigenvalue weighted by Gasteiger charge is 2.21. The molecule has 0 spiro atoms. The van der Waals surface area contributed by atoms with Crippen molar-refractivity contribution in [3.05, 3.63) is 24.4 Å². The number of pyridine rings is 1. The number of hydrogen-bond donors (Lipinski definition) is 0. The van der Waals surface area contributed by atoms with Crippen molar-refractivity contribution >= 4 is 24.4 Å². The summed E-state index contributed by atoms with van der Waals surface area (Å²) in [5.74, 6) is 0. The lowest BCUT2D eigenvalue weighted by atomic mass is 10.3. The Balaban J connectivity index is 2.75. The molecule has 2 aromatic rings. The summed E-state index contributed by atoms with van der Waals surface area (Å²) in [6.07, 6.45) is 1.86. The molecule has 0 unspecified atom stereocenters. The van der Waals surface area contributed by atoms with Gasteiger partial charge in [-0.1, -0.05) is 19.6 Å². The van der Waals surface area contributed by atoms with Crippen LogP contribution in [0.15, 0.2) is 24.4 Å². The monoisotopic (exact) mass is 204 g/mol. The van der Waals surface area contributed by atoms with Gasteiger partial charge in [0.1, 0.15) is 5.65 Å². The van der Waals surface area contributed by atoms with Crippen LogP contribution in [0, 0.1) is 0 Å². The van der Waals surface area contributed by atoms with E-state index in [1.807, 2.05) is 12.3 Å². The Morgan fingerprint density at radius 2 is 2.00 bits per heavy atom. The molecule has 0 aliphatic rings. The van der Waals surface area contributed by atoms with Crippen LogP contribution in [-0.2, 0) is 7.05 Å². The van der Waals surface area contributed by atoms with Crippen molar-refractivity contribution in [1.29, 1.82) is 0 Å². The zero-order valence-electron chi connectivity index (χ0n) is 9.20. The molecule has 74 valence electrons. The molecular formula is C11H16N2Si. The van der Waals surface area contributed by atoms with Crippen molar-refractivity contribution in [2.24, 2.45) is 7.05 Å². The first kappa shape index (κ1) is 9.46. The molecule has 2 rings (SSSR count). The Bertz CT molecular complexity index is 466. The summed E-state index contributed by atoms with van der Waals surface area (Å²) in [5.41, 5.74) is 1.10. The van der Waals surface area contributed by atoms with Crippen LogP contribution in [0.4, 0.5) is 0 Å². The summed E-state index contributed by atoms with van der Waals surface area (Å²) in [6.45, 7) is 7.09. The molecule has 0 aromatic carbocycles. The van der Waals surface area contributed by atoms with Gasteiger partial charge in [0.25, 0.3) is 0 Å². The lowest BCUT2D eigenvalue weighted by Crippen LogP contribution is -2.41. The van der Waals surface area contributed by atoms with E-state index in [1.54, 1.807) is 0 Å². The maximum atomic E-state index is 4.40. The fourth-order valence-corrected chi connectivity index (χ4v) is 3.58. The van der Waals surface area contributed by atoms with E-state index in [2.05, 4.69) is 48.4 Å². The maximum absolute atomic E-state index is 4.40. The molecule has 3 heteroatoms. The molecule has 0 fully saturated rings. The van der Waals surface area contributed by atoms with Gasteiger partial charge in [-0.3, -0.25) is 0 Å². The van der Waals surface area contributed by atoms with E-state index in [9.17, 15) is 0 Å². The number of nitrogens with zero attached hydrogens (tertiary/aromatic N) is 2. The van der Waals surface area contributed by atoms with Crippen molar-refractivity contribution in [3.63, 3.8) is 0 Å². The predicted octanol–water partition coefficient (Wildman–Crippen LogP) is 2.12. The van der Waals surface area contributed by atoms with E-state index in [1.165, 1.54) is 10.7 Å². The first-order chi connectivity index (χ1) is 6.50. The highest BCUT2D eigenvalue weighted by molar-refractivity contribution is 6.88. The molecule has 0 bridgehead atoms. The van der Waals surface area contributed by atoms with Crippen molar-refractivity contribution in [1.82, 2.24) is 9.55 Å². The fourth-order valence-electron chi connectivity index (χ4n) is 1.88. The van der Waals surface area contributed by atoms with Gasteiger partial charge in [-0.25, -0.2) is 4.98 Å². The molecule has 0 amide bonds. The lowest BCUT2D eigenvalue weighted by molar-refractivity contribution is 0.973. The van der Waals surface area contributed by atoms with Crippen molar-refractivity contribution in [2.45, 2.75) is 19.6 Å². The largest absolute Gasteiger partial charge is 0.337 e. The Morgan fingerprint density at radius 3 is 2.57 bits per heavy atom. The molecule has 0 radical (unpaired) electrons. The van der Waals surface area contributed by atoms with Crippen molar-refractivity contribution in [3.8, 4) is 0 Å². The quantitative estimate of drug-likeness (QED) is 0.651. The summed E-state index contributed by atoms with van der Waals surface area (Å²) in [4.78, 5) is 4.40. The minimum absolute atomic E-state index is 1.10. The smallest absolute Gasteiger partial charge is 0.139 e. The lowest BCUT2D eigenvalue weighted by Gasteiger charge is -2.16. The zero-order chi connectivity index (χ0) is 10.3. The van der Waals surface area contributed by atoms with Gasteiger partial charge in [0, 0.05) is 23.9 Å². The van der Waals surface area contributed by atoms with Gasteiger partial charge in [-0.05, 0) is 18.2 Å². The molecule has 0 saturated heterocycles. The molecule has 2 aromatic heterocycles. The molecule has 0 aliphatic carbocycles. The molecule has 0 atom stereocenters. The second-order valence-electron chi connectivity index (χ2n) is 4.75. The third kappa shape index (κ3) is 1.37. The van der Waals surface area contributed by atoms with Crippen molar-refractivity contribution in [2.75, 3.05) is 0 Å². The van der Waals surface area contributed by atoms with E-state index in [-0.39, 0.29) is 0 Å². The zero-order valence-corrected chi connectivity index (χ0v) is 10.2. The third-order valence-corrected chi connectivity index (χ3v) is 4.57. The minimum atomic E-state index is -1.24. The van der Waals surface area contributed by atoms with Crippen LogP contribution < -0.4 is 5.32 Å². The number of aromatic nitrogens is 2. The molecule has 14 heavy (non-hydrogen) atoms. The van der Waals surface area contributed by atoms with E-state index in [4.69, 9.17) is 0 Å². The Morgan fingerprint density at radius 1 is 1.29 bits per heavy atom. The molecular weight excluding hydrogens is 188 g/mol. The predicted molar refractivity (Wildman–Crippen MR) is 63.7 cm³/mol. The van der Waals surface area contributed by atoms with Crippen LogP contribution in [0.1, 0.15) is 0 Å².